The smallest absolute Gasteiger partial charge is 0.290 e. The lowest BCUT2D eigenvalue weighted by atomic mass is 10.3. The van der Waals surface area contributed by atoms with Gasteiger partial charge in [0.05, 0.1) is 5.52 Å². The van der Waals surface area contributed by atoms with Crippen LogP contribution in [-0.4, -0.2) is 20.0 Å². The molecule has 4 nitrogen and oxygen atoms in total. The maximum absolute atomic E-state index is 12.9. The van der Waals surface area contributed by atoms with Crippen molar-refractivity contribution in [2.75, 3.05) is 0 Å². The van der Waals surface area contributed by atoms with Crippen LogP contribution in [0.25, 0.3) is 11.2 Å². The molecule has 1 aliphatic rings. The van der Waals surface area contributed by atoms with Crippen LogP contribution >= 0.6 is 11.6 Å². The molecule has 2 aromatic rings. The van der Waals surface area contributed by atoms with E-state index >= 15 is 0 Å². The van der Waals surface area contributed by atoms with Crippen molar-refractivity contribution >= 4 is 22.8 Å². The van der Waals surface area contributed by atoms with Gasteiger partial charge in [0.15, 0.2) is 5.65 Å². The lowest BCUT2D eigenvalue weighted by molar-refractivity contribution is 0.0951. The summed E-state index contributed by atoms with van der Waals surface area (Å²) in [6.45, 7) is 0.0203. The highest BCUT2D eigenvalue weighted by Crippen LogP contribution is 2.49. The summed E-state index contributed by atoms with van der Waals surface area (Å²) in [5.74, 6) is -3.39. The molecule has 7 heteroatoms. The zero-order chi connectivity index (χ0) is 13.1. The molecule has 2 heterocycles. The summed E-state index contributed by atoms with van der Waals surface area (Å²) in [6, 6.07) is 3.18. The first-order valence-corrected chi connectivity index (χ1v) is 5.87. The van der Waals surface area contributed by atoms with E-state index in [-0.39, 0.29) is 23.8 Å². The van der Waals surface area contributed by atoms with Crippen LogP contribution in [-0.2, 0) is 13.6 Å². The molecule has 96 valence electrons. The van der Waals surface area contributed by atoms with E-state index in [2.05, 4.69) is 4.98 Å². The van der Waals surface area contributed by atoms with Crippen molar-refractivity contribution < 1.29 is 8.78 Å². The molecule has 0 radical (unpaired) electrons. The predicted octanol–water partition coefficient (Wildman–Crippen LogP) is 2.04. The first-order valence-electron chi connectivity index (χ1n) is 5.50. The van der Waals surface area contributed by atoms with Crippen molar-refractivity contribution in [1.29, 1.82) is 0 Å². The van der Waals surface area contributed by atoms with Crippen LogP contribution in [0.5, 0.6) is 0 Å². The van der Waals surface area contributed by atoms with Gasteiger partial charge in [-0.25, -0.2) is 18.6 Å². The molecule has 18 heavy (non-hydrogen) atoms. The summed E-state index contributed by atoms with van der Waals surface area (Å²) < 4.78 is 28.5. The average Bonchev–Trinajstić information content (AvgIpc) is 2.84. The fourth-order valence-corrected chi connectivity index (χ4v) is 2.26. The Morgan fingerprint density at radius 2 is 2.22 bits per heavy atom. The van der Waals surface area contributed by atoms with Crippen LogP contribution in [0.4, 0.5) is 8.78 Å². The van der Waals surface area contributed by atoms with E-state index in [1.807, 2.05) is 0 Å². The monoisotopic (exact) mass is 273 g/mol. The molecule has 1 atom stereocenters. The second-order valence-electron chi connectivity index (χ2n) is 4.59. The van der Waals surface area contributed by atoms with Gasteiger partial charge in [-0.05, 0) is 12.1 Å². The third-order valence-corrected chi connectivity index (χ3v) is 3.52. The molecule has 0 spiro atoms. The van der Waals surface area contributed by atoms with Crippen molar-refractivity contribution in [3.05, 3.63) is 27.8 Å². The molecule has 1 aliphatic carbocycles. The topological polar surface area (TPSA) is 39.8 Å². The van der Waals surface area contributed by atoms with Gasteiger partial charge in [0.25, 0.3) is 5.92 Å². The minimum absolute atomic E-state index is 0.0203. The standard InChI is InChI=1S/C11H10ClF2N3O/c1-16-9-7(2-3-8(12)15-9)17(10(16)18)5-6-4-11(6,13)14/h2-3,6H,4-5H2,1H3. The van der Waals surface area contributed by atoms with E-state index < -0.39 is 11.8 Å². The third kappa shape index (κ3) is 1.63. The van der Waals surface area contributed by atoms with Gasteiger partial charge < -0.3 is 0 Å². The maximum atomic E-state index is 12.9. The molecule has 1 unspecified atom stereocenters. The molecule has 0 bridgehead atoms. The zero-order valence-corrected chi connectivity index (χ0v) is 10.3. The second kappa shape index (κ2) is 3.54. The summed E-state index contributed by atoms with van der Waals surface area (Å²) in [5.41, 5.74) is 0.605. The number of halogens is 3. The quantitative estimate of drug-likeness (QED) is 0.786. The van der Waals surface area contributed by atoms with E-state index in [1.54, 1.807) is 19.2 Å². The minimum atomic E-state index is -2.64. The number of aryl methyl sites for hydroxylation is 1. The predicted molar refractivity (Wildman–Crippen MR) is 63.0 cm³/mol. The molecule has 3 rings (SSSR count). The Morgan fingerprint density at radius 1 is 1.56 bits per heavy atom. The number of rotatable bonds is 2. The molecule has 0 N–H and O–H groups in total. The van der Waals surface area contributed by atoms with Crippen LogP contribution in [0, 0.1) is 5.92 Å². The fourth-order valence-electron chi connectivity index (χ4n) is 2.11. The molecule has 0 saturated heterocycles. The number of imidazole rings is 1. The Hall–Kier alpha value is -1.43. The van der Waals surface area contributed by atoms with Crippen molar-refractivity contribution in [1.82, 2.24) is 14.1 Å². The first-order chi connectivity index (χ1) is 8.40. The van der Waals surface area contributed by atoms with E-state index in [0.29, 0.717) is 11.2 Å². The fraction of sp³-hybridized carbons (Fsp3) is 0.455. The molecule has 0 amide bonds. The third-order valence-electron chi connectivity index (χ3n) is 3.31. The second-order valence-corrected chi connectivity index (χ2v) is 4.98. The molecule has 0 aromatic carbocycles. The molecule has 1 fully saturated rings. The lowest BCUT2D eigenvalue weighted by Gasteiger charge is -2.01. The van der Waals surface area contributed by atoms with Crippen LogP contribution in [0.3, 0.4) is 0 Å². The Labute approximate surface area is 106 Å². The summed E-state index contributed by atoms with van der Waals surface area (Å²) in [6.07, 6.45) is -0.156. The molecule has 1 saturated carbocycles. The number of hydrogen-bond donors (Lipinski definition) is 0. The van der Waals surface area contributed by atoms with Crippen molar-refractivity contribution in [2.24, 2.45) is 13.0 Å². The summed E-state index contributed by atoms with van der Waals surface area (Å²) in [7, 11) is 1.55. The van der Waals surface area contributed by atoms with E-state index in [9.17, 15) is 13.6 Å². The normalized spacial score (nSPS) is 21.4. The first kappa shape index (κ1) is 11.6. The SMILES string of the molecule is Cn1c(=O)n(CC2CC2(F)F)c2ccc(Cl)nc21. The van der Waals surface area contributed by atoms with Gasteiger partial charge in [0.2, 0.25) is 0 Å². The van der Waals surface area contributed by atoms with E-state index in [1.165, 1.54) is 9.13 Å². The Morgan fingerprint density at radius 3 is 2.83 bits per heavy atom. The number of alkyl halides is 2. The van der Waals surface area contributed by atoms with Crippen molar-refractivity contribution in [3.63, 3.8) is 0 Å². The Balaban J connectivity index is 2.12. The number of nitrogens with zero attached hydrogens (tertiary/aromatic N) is 3. The van der Waals surface area contributed by atoms with Gasteiger partial charge in [-0.1, -0.05) is 11.6 Å². The number of fused-ring (bicyclic) bond motifs is 1. The number of aromatic nitrogens is 3. The summed E-state index contributed by atoms with van der Waals surface area (Å²) in [5, 5.41) is 0.270. The highest BCUT2D eigenvalue weighted by Gasteiger charge is 2.56. The largest absolute Gasteiger partial charge is 0.330 e. The molecular formula is C11H10ClF2N3O. The van der Waals surface area contributed by atoms with Crippen LogP contribution in [0.15, 0.2) is 16.9 Å². The van der Waals surface area contributed by atoms with Crippen LogP contribution in [0.2, 0.25) is 5.15 Å². The Kier molecular flexibility index (Phi) is 2.29. The van der Waals surface area contributed by atoms with Gasteiger partial charge in [-0.15, -0.1) is 0 Å². The number of hydrogen-bond acceptors (Lipinski definition) is 2. The van der Waals surface area contributed by atoms with Gasteiger partial charge in [0, 0.05) is 25.9 Å². The Bertz CT molecular complexity index is 691. The number of pyridine rings is 1. The molecule has 0 aliphatic heterocycles. The zero-order valence-electron chi connectivity index (χ0n) is 9.53. The van der Waals surface area contributed by atoms with Gasteiger partial charge >= 0.3 is 5.69 Å². The highest BCUT2D eigenvalue weighted by atomic mass is 35.5. The van der Waals surface area contributed by atoms with E-state index in [0.717, 1.165) is 0 Å². The summed E-state index contributed by atoms with van der Waals surface area (Å²) in [4.78, 5) is 16.0. The van der Waals surface area contributed by atoms with Gasteiger partial charge in [0.1, 0.15) is 5.15 Å². The van der Waals surface area contributed by atoms with Gasteiger partial charge in [-0.2, -0.15) is 0 Å². The average molecular weight is 274 g/mol. The lowest BCUT2D eigenvalue weighted by Crippen LogP contribution is -2.23. The molecular weight excluding hydrogens is 264 g/mol. The van der Waals surface area contributed by atoms with E-state index in [4.69, 9.17) is 11.6 Å². The van der Waals surface area contributed by atoms with Crippen LogP contribution < -0.4 is 5.69 Å². The highest BCUT2D eigenvalue weighted by molar-refractivity contribution is 6.29. The van der Waals surface area contributed by atoms with Crippen molar-refractivity contribution in [3.8, 4) is 0 Å². The van der Waals surface area contributed by atoms with Crippen molar-refractivity contribution in [2.45, 2.75) is 18.9 Å². The van der Waals surface area contributed by atoms with Crippen LogP contribution in [0.1, 0.15) is 6.42 Å². The van der Waals surface area contributed by atoms with Gasteiger partial charge in [-0.3, -0.25) is 9.13 Å². The summed E-state index contributed by atoms with van der Waals surface area (Å²) >= 11 is 5.76. The molecule has 2 aromatic heterocycles. The minimum Gasteiger partial charge on any atom is -0.290 e. The maximum Gasteiger partial charge on any atom is 0.330 e.